The fraction of sp³-hybridized carbons (Fsp3) is 0.500. The zero-order valence-electron chi connectivity index (χ0n) is 2.72. The van der Waals surface area contributed by atoms with Gasteiger partial charge in [-0.25, -0.2) is 0 Å². The summed E-state index contributed by atoms with van der Waals surface area (Å²) in [6.07, 6.45) is 0. The molecule has 0 aliphatic carbocycles. The summed E-state index contributed by atoms with van der Waals surface area (Å²) in [4.78, 5) is 0. The van der Waals surface area contributed by atoms with Crippen LogP contribution in [-0.4, -0.2) is 11.1 Å². The molecule has 0 aromatic rings. The quantitative estimate of drug-likeness (QED) is 0.411. The minimum absolute atomic E-state index is 0.389. The molecule has 5 heavy (non-hydrogen) atoms. The van der Waals surface area contributed by atoms with Crippen LogP contribution in [0.25, 0.3) is 0 Å². The summed E-state index contributed by atoms with van der Waals surface area (Å²) in [6.45, 7) is 0.389. The van der Waals surface area contributed by atoms with E-state index in [1.165, 1.54) is 0 Å². The van der Waals surface area contributed by atoms with Crippen molar-refractivity contribution in [2.24, 2.45) is 11.5 Å². The predicted octanol–water partition coefficient (Wildman–Crippen LogP) is -1.42. The van der Waals surface area contributed by atoms with Crippen molar-refractivity contribution in [2.75, 3.05) is 6.54 Å². The van der Waals surface area contributed by atoms with Crippen molar-refractivity contribution in [2.45, 2.75) is 0 Å². The third kappa shape index (κ3) is 4.31. The zero-order valence-corrected chi connectivity index (χ0v) is 3.82. The molecule has 0 fully saturated rings. The summed E-state index contributed by atoms with van der Waals surface area (Å²) in [6, 6.07) is 0. The van der Waals surface area contributed by atoms with Crippen molar-refractivity contribution in [3.05, 3.63) is 0 Å². The standard InChI is InChI=1S/C2H6N2.Fe/c3-1-2-4;/h1,3-4H2;. The van der Waals surface area contributed by atoms with Crippen LogP contribution in [0.2, 0.25) is 0 Å². The second-order valence-corrected chi connectivity index (χ2v) is 1.34. The fourth-order valence-electron chi connectivity index (χ4n) is 0. The van der Waals surface area contributed by atoms with Gasteiger partial charge in [-0.15, -0.1) is 0 Å². The molecule has 0 aliphatic rings. The molecule has 0 saturated heterocycles. The molecule has 4 N–H and O–H groups in total. The molecule has 0 rings (SSSR count). The SMILES string of the molecule is NC[C](N)=[Fe]. The normalized spacial score (nSPS) is 7.80. The van der Waals surface area contributed by atoms with E-state index in [9.17, 15) is 0 Å². The summed E-state index contributed by atoms with van der Waals surface area (Å²) >= 11 is 3.33. The first-order valence-corrected chi connectivity index (χ1v) is 1.78. The minimum atomic E-state index is 0.389. The first kappa shape index (κ1) is 5.31. The van der Waals surface area contributed by atoms with E-state index in [2.05, 4.69) is 15.6 Å². The number of nitrogens with two attached hydrogens (primary N) is 2. The van der Waals surface area contributed by atoms with Gasteiger partial charge in [0.1, 0.15) is 0 Å². The van der Waals surface area contributed by atoms with Crippen LogP contribution in [0.15, 0.2) is 0 Å². The average Bonchev–Trinajstić information content (AvgIpc) is 1.38. The van der Waals surface area contributed by atoms with Gasteiger partial charge in [-0.3, -0.25) is 0 Å². The molecule has 0 radical (unpaired) electrons. The molecule has 0 heterocycles. The monoisotopic (exact) mass is 114 g/mol. The molecule has 2 nitrogen and oxygen atoms in total. The molecular formula is C2H6FeN2. The van der Waals surface area contributed by atoms with Crippen molar-refractivity contribution in [1.29, 1.82) is 0 Å². The van der Waals surface area contributed by atoms with E-state index in [-0.39, 0.29) is 0 Å². The summed E-state index contributed by atoms with van der Waals surface area (Å²) < 4.78 is 0.532. The second kappa shape index (κ2) is 2.54. The van der Waals surface area contributed by atoms with Gasteiger partial charge >= 0.3 is 38.1 Å². The molecule has 0 spiro atoms. The van der Waals surface area contributed by atoms with E-state index in [1.54, 1.807) is 0 Å². The first-order chi connectivity index (χ1) is 2.27. The van der Waals surface area contributed by atoms with Crippen LogP contribution in [0.3, 0.4) is 0 Å². The Hall–Kier alpha value is 0.309. The molecule has 0 amide bonds. The molecular weight excluding hydrogens is 108 g/mol. The Bertz CT molecular complexity index is 42.9. The van der Waals surface area contributed by atoms with Crippen LogP contribution in [0, 0.1) is 0 Å². The van der Waals surface area contributed by atoms with Gasteiger partial charge in [0.2, 0.25) is 0 Å². The molecule has 0 unspecified atom stereocenters. The molecule has 3 heteroatoms. The van der Waals surface area contributed by atoms with E-state index in [0.29, 0.717) is 11.1 Å². The molecule has 0 aromatic carbocycles. The van der Waals surface area contributed by atoms with E-state index >= 15 is 0 Å². The van der Waals surface area contributed by atoms with Crippen molar-refractivity contribution in [3.63, 3.8) is 0 Å². The van der Waals surface area contributed by atoms with Gasteiger partial charge < -0.3 is 0 Å². The summed E-state index contributed by atoms with van der Waals surface area (Å²) in [5, 5.41) is 0. The molecule has 0 saturated carbocycles. The van der Waals surface area contributed by atoms with Gasteiger partial charge in [0, 0.05) is 0 Å². The topological polar surface area (TPSA) is 52.0 Å². The molecule has 0 aliphatic heterocycles. The van der Waals surface area contributed by atoms with Crippen LogP contribution < -0.4 is 11.5 Å². The number of hydrogen-bond donors (Lipinski definition) is 2. The Morgan fingerprint density at radius 1 is 1.80 bits per heavy atom. The third-order valence-corrected chi connectivity index (χ3v) is 0.415. The zero-order chi connectivity index (χ0) is 4.28. The van der Waals surface area contributed by atoms with E-state index in [4.69, 9.17) is 11.5 Å². The van der Waals surface area contributed by atoms with Crippen molar-refractivity contribution >= 4 is 4.54 Å². The van der Waals surface area contributed by atoms with E-state index in [0.717, 1.165) is 0 Å². The van der Waals surface area contributed by atoms with Crippen LogP contribution >= 0.6 is 0 Å². The van der Waals surface area contributed by atoms with Crippen molar-refractivity contribution < 1.29 is 15.6 Å². The van der Waals surface area contributed by atoms with Crippen molar-refractivity contribution in [3.8, 4) is 0 Å². The summed E-state index contributed by atoms with van der Waals surface area (Å²) in [5.41, 5.74) is 9.92. The van der Waals surface area contributed by atoms with Crippen molar-refractivity contribution in [1.82, 2.24) is 0 Å². The predicted molar refractivity (Wildman–Crippen MR) is 18.2 cm³/mol. The molecule has 0 atom stereocenters. The fourth-order valence-corrected chi connectivity index (χ4v) is 0. The maximum absolute atomic E-state index is 4.97. The Morgan fingerprint density at radius 2 is 2.00 bits per heavy atom. The summed E-state index contributed by atoms with van der Waals surface area (Å²) in [7, 11) is 0. The Balaban J connectivity index is 2.85. The van der Waals surface area contributed by atoms with Gasteiger partial charge in [-0.05, 0) is 0 Å². The van der Waals surface area contributed by atoms with E-state index < -0.39 is 0 Å². The number of rotatable bonds is 1. The molecule has 32 valence electrons. The first-order valence-electron chi connectivity index (χ1n) is 1.23. The van der Waals surface area contributed by atoms with Crippen LogP contribution in [-0.2, 0) is 15.6 Å². The summed E-state index contributed by atoms with van der Waals surface area (Å²) in [5.74, 6) is 0. The maximum atomic E-state index is 4.97. The van der Waals surface area contributed by atoms with Gasteiger partial charge in [0.25, 0.3) is 0 Å². The van der Waals surface area contributed by atoms with Gasteiger partial charge in [-0.1, -0.05) is 0 Å². The Kier molecular flexibility index (Phi) is 2.70. The van der Waals surface area contributed by atoms with Crippen LogP contribution in [0.5, 0.6) is 0 Å². The van der Waals surface area contributed by atoms with Crippen LogP contribution in [0.1, 0.15) is 0 Å². The third-order valence-electron chi connectivity index (χ3n) is 0.190. The van der Waals surface area contributed by atoms with Gasteiger partial charge in [0.15, 0.2) is 0 Å². The Labute approximate surface area is 38.9 Å². The Morgan fingerprint density at radius 3 is 2.00 bits per heavy atom. The van der Waals surface area contributed by atoms with Gasteiger partial charge in [0.05, 0.1) is 0 Å². The number of hydrogen-bond acceptors (Lipinski definition) is 2. The average molecular weight is 114 g/mol. The molecule has 0 bridgehead atoms. The van der Waals surface area contributed by atoms with Crippen LogP contribution in [0.4, 0.5) is 0 Å². The van der Waals surface area contributed by atoms with E-state index in [1.807, 2.05) is 0 Å². The second-order valence-electron chi connectivity index (χ2n) is 0.635. The molecule has 0 aromatic heterocycles. The van der Waals surface area contributed by atoms with Gasteiger partial charge in [-0.2, -0.15) is 0 Å².